The summed E-state index contributed by atoms with van der Waals surface area (Å²) in [5.74, 6) is -0.695. The van der Waals surface area contributed by atoms with Crippen LogP contribution in [-0.4, -0.2) is 44.3 Å². The molecule has 2 amide bonds. The van der Waals surface area contributed by atoms with E-state index in [1.165, 1.54) is 0 Å². The van der Waals surface area contributed by atoms with Gasteiger partial charge >= 0.3 is 6.18 Å². The highest BCUT2D eigenvalue weighted by atomic mass is 19.4. The predicted octanol–water partition coefficient (Wildman–Crippen LogP) is 1.50. The van der Waals surface area contributed by atoms with Gasteiger partial charge in [0.1, 0.15) is 6.61 Å². The van der Waals surface area contributed by atoms with Crippen molar-refractivity contribution < 1.29 is 27.5 Å². The van der Waals surface area contributed by atoms with Gasteiger partial charge in [0, 0.05) is 25.1 Å². The van der Waals surface area contributed by atoms with Gasteiger partial charge in [0.15, 0.2) is 0 Å². The van der Waals surface area contributed by atoms with Crippen LogP contribution in [0.25, 0.3) is 0 Å². The van der Waals surface area contributed by atoms with E-state index in [1.54, 1.807) is 30.3 Å². The molecule has 122 valence electrons. The molecular weight excluding hydrogens is 301 g/mol. The minimum absolute atomic E-state index is 0.164. The number of hydrogen-bond acceptors (Lipinski definition) is 3. The summed E-state index contributed by atoms with van der Waals surface area (Å²) < 4.78 is 39.7. The maximum absolute atomic E-state index is 11.8. The van der Waals surface area contributed by atoms with Crippen molar-refractivity contribution in [3.63, 3.8) is 0 Å². The second kappa shape index (κ2) is 9.04. The van der Waals surface area contributed by atoms with Crippen molar-refractivity contribution in [2.45, 2.75) is 12.6 Å². The second-order valence-electron chi connectivity index (χ2n) is 4.39. The minimum atomic E-state index is -4.39. The van der Waals surface area contributed by atoms with E-state index in [1.807, 2.05) is 0 Å². The van der Waals surface area contributed by atoms with Gasteiger partial charge in [-0.2, -0.15) is 13.2 Å². The Morgan fingerprint density at radius 1 is 1.05 bits per heavy atom. The molecule has 0 unspecified atom stereocenters. The van der Waals surface area contributed by atoms with Gasteiger partial charge in [-0.15, -0.1) is 0 Å². The molecule has 0 aliphatic rings. The van der Waals surface area contributed by atoms with E-state index in [-0.39, 0.29) is 32.0 Å². The summed E-state index contributed by atoms with van der Waals surface area (Å²) in [4.78, 5) is 22.9. The quantitative estimate of drug-likeness (QED) is 0.714. The first-order valence-corrected chi connectivity index (χ1v) is 6.63. The topological polar surface area (TPSA) is 67.4 Å². The highest BCUT2D eigenvalue weighted by molar-refractivity contribution is 5.94. The Bertz CT molecular complexity index is 478. The lowest BCUT2D eigenvalue weighted by molar-refractivity contribution is -0.174. The number of nitrogens with one attached hydrogen (secondary N) is 2. The summed E-state index contributed by atoms with van der Waals surface area (Å²) in [7, 11) is 0. The van der Waals surface area contributed by atoms with Crippen LogP contribution in [0.15, 0.2) is 30.3 Å². The van der Waals surface area contributed by atoms with Crippen LogP contribution >= 0.6 is 0 Å². The van der Waals surface area contributed by atoms with Crippen molar-refractivity contribution in [2.75, 3.05) is 26.3 Å². The number of halogens is 3. The maximum atomic E-state index is 11.8. The Morgan fingerprint density at radius 2 is 1.68 bits per heavy atom. The fraction of sp³-hybridized carbons (Fsp3) is 0.429. The fourth-order valence-corrected chi connectivity index (χ4v) is 1.51. The SMILES string of the molecule is O=C(CCOCC(F)(F)F)NCCNC(=O)c1ccccc1. The molecule has 0 aromatic heterocycles. The van der Waals surface area contributed by atoms with Crippen molar-refractivity contribution >= 4 is 11.8 Å². The van der Waals surface area contributed by atoms with Gasteiger partial charge in [-0.05, 0) is 12.1 Å². The maximum Gasteiger partial charge on any atom is 0.411 e. The molecule has 0 aliphatic heterocycles. The van der Waals surface area contributed by atoms with E-state index in [9.17, 15) is 22.8 Å². The lowest BCUT2D eigenvalue weighted by atomic mass is 10.2. The van der Waals surface area contributed by atoms with Crippen LogP contribution in [0.4, 0.5) is 13.2 Å². The molecule has 0 saturated heterocycles. The first-order valence-electron chi connectivity index (χ1n) is 6.63. The molecule has 0 saturated carbocycles. The number of alkyl halides is 3. The molecular formula is C14H17F3N2O3. The number of ether oxygens (including phenoxy) is 1. The highest BCUT2D eigenvalue weighted by Gasteiger charge is 2.27. The lowest BCUT2D eigenvalue weighted by Gasteiger charge is -2.09. The average molecular weight is 318 g/mol. The molecule has 0 heterocycles. The zero-order valence-corrected chi connectivity index (χ0v) is 11.8. The number of carbonyl (C=O) groups is 2. The van der Waals surface area contributed by atoms with E-state index in [0.29, 0.717) is 5.56 Å². The Labute approximate surface area is 125 Å². The molecule has 22 heavy (non-hydrogen) atoms. The Balaban J connectivity index is 2.07. The zero-order valence-electron chi connectivity index (χ0n) is 11.8. The first-order chi connectivity index (χ1) is 10.4. The van der Waals surface area contributed by atoms with E-state index < -0.39 is 18.7 Å². The molecule has 2 N–H and O–H groups in total. The normalized spacial score (nSPS) is 11.0. The third-order valence-corrected chi connectivity index (χ3v) is 2.51. The van der Waals surface area contributed by atoms with Crippen LogP contribution in [0, 0.1) is 0 Å². The molecule has 0 fully saturated rings. The van der Waals surface area contributed by atoms with Crippen molar-refractivity contribution in [3.8, 4) is 0 Å². The van der Waals surface area contributed by atoms with Gasteiger partial charge in [0.2, 0.25) is 5.91 Å². The fourth-order valence-electron chi connectivity index (χ4n) is 1.51. The molecule has 0 aliphatic carbocycles. The summed E-state index contributed by atoms with van der Waals surface area (Å²) in [6, 6.07) is 8.57. The molecule has 1 aromatic carbocycles. The van der Waals surface area contributed by atoms with Crippen LogP contribution < -0.4 is 10.6 Å². The zero-order chi connectivity index (χ0) is 16.4. The van der Waals surface area contributed by atoms with Crippen molar-refractivity contribution in [3.05, 3.63) is 35.9 Å². The number of rotatable bonds is 8. The second-order valence-corrected chi connectivity index (χ2v) is 4.39. The molecule has 0 bridgehead atoms. The molecule has 8 heteroatoms. The molecule has 5 nitrogen and oxygen atoms in total. The molecule has 1 rings (SSSR count). The Kier molecular flexibility index (Phi) is 7.38. The van der Waals surface area contributed by atoms with Crippen molar-refractivity contribution in [2.24, 2.45) is 0 Å². The molecule has 0 spiro atoms. The van der Waals surface area contributed by atoms with Gasteiger partial charge in [-0.1, -0.05) is 18.2 Å². The lowest BCUT2D eigenvalue weighted by Crippen LogP contribution is -2.35. The third-order valence-electron chi connectivity index (χ3n) is 2.51. The molecule has 0 atom stereocenters. The van der Waals surface area contributed by atoms with Crippen LogP contribution in [0.1, 0.15) is 16.8 Å². The van der Waals surface area contributed by atoms with E-state index in [0.717, 1.165) is 0 Å². The Hall–Kier alpha value is -2.09. The number of benzene rings is 1. The number of carbonyl (C=O) groups excluding carboxylic acids is 2. The monoisotopic (exact) mass is 318 g/mol. The van der Waals surface area contributed by atoms with Gasteiger partial charge in [0.05, 0.1) is 6.61 Å². The third kappa shape index (κ3) is 8.25. The predicted molar refractivity (Wildman–Crippen MR) is 73.3 cm³/mol. The summed E-state index contributed by atoms with van der Waals surface area (Å²) >= 11 is 0. The molecule has 1 aromatic rings. The minimum Gasteiger partial charge on any atom is -0.372 e. The van der Waals surface area contributed by atoms with Gasteiger partial charge < -0.3 is 15.4 Å². The highest BCUT2D eigenvalue weighted by Crippen LogP contribution is 2.14. The van der Waals surface area contributed by atoms with Gasteiger partial charge in [-0.3, -0.25) is 9.59 Å². The molecule has 0 radical (unpaired) electrons. The summed E-state index contributed by atoms with van der Waals surface area (Å²) in [5, 5.41) is 5.08. The Morgan fingerprint density at radius 3 is 2.32 bits per heavy atom. The van der Waals surface area contributed by atoms with Crippen LogP contribution in [0.3, 0.4) is 0 Å². The number of amides is 2. The van der Waals surface area contributed by atoms with E-state index in [2.05, 4.69) is 15.4 Å². The van der Waals surface area contributed by atoms with E-state index >= 15 is 0 Å². The van der Waals surface area contributed by atoms with Gasteiger partial charge in [-0.25, -0.2) is 0 Å². The number of hydrogen-bond donors (Lipinski definition) is 2. The average Bonchev–Trinajstić information content (AvgIpc) is 2.48. The van der Waals surface area contributed by atoms with Crippen molar-refractivity contribution in [1.82, 2.24) is 10.6 Å². The largest absolute Gasteiger partial charge is 0.411 e. The van der Waals surface area contributed by atoms with Gasteiger partial charge in [0.25, 0.3) is 5.91 Å². The van der Waals surface area contributed by atoms with Crippen LogP contribution in [0.5, 0.6) is 0 Å². The van der Waals surface area contributed by atoms with E-state index in [4.69, 9.17) is 0 Å². The van der Waals surface area contributed by atoms with Crippen LogP contribution in [0.2, 0.25) is 0 Å². The van der Waals surface area contributed by atoms with Crippen molar-refractivity contribution in [1.29, 1.82) is 0 Å². The standard InChI is InChI=1S/C14H17F3N2O3/c15-14(16,17)10-22-9-6-12(20)18-7-8-19-13(21)11-4-2-1-3-5-11/h1-5H,6-10H2,(H,18,20)(H,19,21). The summed E-state index contributed by atoms with van der Waals surface area (Å²) in [5.41, 5.74) is 0.509. The van der Waals surface area contributed by atoms with Crippen LogP contribution in [-0.2, 0) is 9.53 Å². The summed E-state index contributed by atoms with van der Waals surface area (Å²) in [6.07, 6.45) is -4.55. The first kappa shape index (κ1) is 18.0. The smallest absolute Gasteiger partial charge is 0.372 e. The summed E-state index contributed by atoms with van der Waals surface area (Å²) in [6.45, 7) is -1.26.